The first-order chi connectivity index (χ1) is 9.72. The highest BCUT2D eigenvalue weighted by Crippen LogP contribution is 2.23. The fraction of sp³-hybridized carbons (Fsp3) is 0.625. The van der Waals surface area contributed by atoms with Crippen LogP contribution in [0.1, 0.15) is 37.7 Å². The molecule has 20 heavy (non-hydrogen) atoms. The second-order valence-electron chi connectivity index (χ2n) is 5.41. The van der Waals surface area contributed by atoms with E-state index in [1.54, 1.807) is 14.2 Å². The molecule has 2 rings (SSSR count). The van der Waals surface area contributed by atoms with Gasteiger partial charge in [0.25, 0.3) is 0 Å². The Morgan fingerprint density at radius 3 is 2.35 bits per heavy atom. The van der Waals surface area contributed by atoms with Crippen LogP contribution in [0, 0.1) is 0 Å². The number of hydrogen-bond acceptors (Lipinski definition) is 4. The monoisotopic (exact) mass is 279 g/mol. The van der Waals surface area contributed by atoms with Gasteiger partial charge >= 0.3 is 0 Å². The lowest BCUT2D eigenvalue weighted by Gasteiger charge is -2.22. The highest BCUT2D eigenvalue weighted by Gasteiger charge is 2.20. The minimum absolute atomic E-state index is 0.190. The number of aliphatic hydroxyl groups excluding tert-OH is 1. The van der Waals surface area contributed by atoms with Crippen LogP contribution < -0.4 is 14.8 Å². The molecular weight excluding hydrogens is 254 g/mol. The summed E-state index contributed by atoms with van der Waals surface area (Å²) in [6.07, 6.45) is 5.26. The Balaban J connectivity index is 1.98. The molecule has 0 spiro atoms. The normalized spacial score (nSPS) is 23.1. The summed E-state index contributed by atoms with van der Waals surface area (Å²) in [5.41, 5.74) is 1.11. The highest BCUT2D eigenvalue weighted by atomic mass is 16.5. The van der Waals surface area contributed by atoms with Crippen molar-refractivity contribution in [2.24, 2.45) is 0 Å². The number of aliphatic hydroxyl groups is 1. The van der Waals surface area contributed by atoms with Crippen LogP contribution in [-0.2, 0) is 6.54 Å². The largest absolute Gasteiger partial charge is 0.497 e. The fourth-order valence-corrected chi connectivity index (χ4v) is 2.74. The summed E-state index contributed by atoms with van der Waals surface area (Å²) in [7, 11) is 3.31. The Bertz CT molecular complexity index is 400. The summed E-state index contributed by atoms with van der Waals surface area (Å²) >= 11 is 0. The number of hydrogen-bond donors (Lipinski definition) is 2. The second kappa shape index (κ2) is 7.50. The van der Waals surface area contributed by atoms with Gasteiger partial charge in [0.1, 0.15) is 11.5 Å². The SMILES string of the molecule is COc1cc(CNC2CCCCCC2O)cc(OC)c1. The van der Waals surface area contributed by atoms with E-state index in [-0.39, 0.29) is 12.1 Å². The molecule has 0 amide bonds. The molecule has 112 valence electrons. The van der Waals surface area contributed by atoms with E-state index in [1.165, 1.54) is 12.8 Å². The molecule has 0 radical (unpaired) electrons. The maximum atomic E-state index is 10.1. The van der Waals surface area contributed by atoms with Crippen LogP contribution in [0.15, 0.2) is 18.2 Å². The molecule has 1 saturated carbocycles. The van der Waals surface area contributed by atoms with Gasteiger partial charge in [0.05, 0.1) is 20.3 Å². The van der Waals surface area contributed by atoms with E-state index in [9.17, 15) is 5.11 Å². The molecule has 1 aromatic rings. The molecule has 1 aliphatic rings. The van der Waals surface area contributed by atoms with E-state index in [0.717, 1.165) is 42.9 Å². The summed E-state index contributed by atoms with van der Waals surface area (Å²) in [5.74, 6) is 1.59. The van der Waals surface area contributed by atoms with Crippen LogP contribution in [-0.4, -0.2) is 31.5 Å². The lowest BCUT2D eigenvalue weighted by atomic mass is 10.1. The Morgan fingerprint density at radius 1 is 1.05 bits per heavy atom. The van der Waals surface area contributed by atoms with Gasteiger partial charge in [-0.3, -0.25) is 0 Å². The van der Waals surface area contributed by atoms with Crippen LogP contribution in [0.5, 0.6) is 11.5 Å². The molecule has 1 aromatic carbocycles. The second-order valence-corrected chi connectivity index (χ2v) is 5.41. The summed E-state index contributed by atoms with van der Waals surface area (Å²) in [4.78, 5) is 0. The number of nitrogens with one attached hydrogen (secondary N) is 1. The first kappa shape index (κ1) is 15.1. The molecule has 0 aliphatic heterocycles. The molecule has 2 N–H and O–H groups in total. The quantitative estimate of drug-likeness (QED) is 0.813. The molecule has 0 bridgehead atoms. The topological polar surface area (TPSA) is 50.7 Å². The van der Waals surface area contributed by atoms with Gasteiger partial charge in [0.2, 0.25) is 0 Å². The molecule has 0 aromatic heterocycles. The lowest BCUT2D eigenvalue weighted by molar-refractivity contribution is 0.119. The first-order valence-electron chi connectivity index (χ1n) is 7.36. The van der Waals surface area contributed by atoms with Crippen molar-refractivity contribution in [2.75, 3.05) is 14.2 Å². The van der Waals surface area contributed by atoms with E-state index >= 15 is 0 Å². The van der Waals surface area contributed by atoms with Crippen molar-refractivity contribution in [2.45, 2.75) is 50.8 Å². The molecule has 1 fully saturated rings. The van der Waals surface area contributed by atoms with Gasteiger partial charge in [0.15, 0.2) is 0 Å². The maximum absolute atomic E-state index is 10.1. The van der Waals surface area contributed by atoms with Gasteiger partial charge in [-0.2, -0.15) is 0 Å². The van der Waals surface area contributed by atoms with Crippen molar-refractivity contribution < 1.29 is 14.6 Å². The average molecular weight is 279 g/mol. The van der Waals surface area contributed by atoms with Crippen molar-refractivity contribution in [3.05, 3.63) is 23.8 Å². The first-order valence-corrected chi connectivity index (χ1v) is 7.36. The van der Waals surface area contributed by atoms with Gasteiger partial charge in [-0.25, -0.2) is 0 Å². The van der Waals surface area contributed by atoms with Crippen molar-refractivity contribution in [3.63, 3.8) is 0 Å². The minimum atomic E-state index is -0.231. The smallest absolute Gasteiger partial charge is 0.122 e. The van der Waals surface area contributed by atoms with Gasteiger partial charge < -0.3 is 19.9 Å². The van der Waals surface area contributed by atoms with Gasteiger partial charge in [0, 0.05) is 18.7 Å². The summed E-state index contributed by atoms with van der Waals surface area (Å²) in [6, 6.07) is 6.05. The average Bonchev–Trinajstić information content (AvgIpc) is 2.69. The van der Waals surface area contributed by atoms with Crippen molar-refractivity contribution in [1.29, 1.82) is 0 Å². The molecule has 4 nitrogen and oxygen atoms in total. The zero-order valence-corrected chi connectivity index (χ0v) is 12.4. The third-order valence-electron chi connectivity index (χ3n) is 3.96. The Morgan fingerprint density at radius 2 is 1.70 bits per heavy atom. The highest BCUT2D eigenvalue weighted by molar-refractivity contribution is 5.38. The summed E-state index contributed by atoms with van der Waals surface area (Å²) in [6.45, 7) is 0.718. The number of ether oxygens (including phenoxy) is 2. The van der Waals surface area contributed by atoms with E-state index in [4.69, 9.17) is 9.47 Å². The Labute approximate surface area is 121 Å². The van der Waals surface area contributed by atoms with E-state index in [1.807, 2.05) is 18.2 Å². The maximum Gasteiger partial charge on any atom is 0.122 e. The van der Waals surface area contributed by atoms with Gasteiger partial charge in [-0.1, -0.05) is 19.3 Å². The Hall–Kier alpha value is -1.26. The standard InChI is InChI=1S/C16H25NO3/c1-19-13-8-12(9-14(10-13)20-2)11-17-15-6-4-3-5-7-16(15)18/h8-10,15-18H,3-7,11H2,1-2H3. The van der Waals surface area contributed by atoms with Crippen LogP contribution >= 0.6 is 0 Å². The third-order valence-corrected chi connectivity index (χ3v) is 3.96. The van der Waals surface area contributed by atoms with Crippen LogP contribution in [0.25, 0.3) is 0 Å². The molecule has 2 unspecified atom stereocenters. The molecule has 2 atom stereocenters. The molecule has 4 heteroatoms. The predicted molar refractivity (Wildman–Crippen MR) is 79.3 cm³/mol. The summed E-state index contributed by atoms with van der Waals surface area (Å²) < 4.78 is 10.5. The lowest BCUT2D eigenvalue weighted by Crippen LogP contribution is -2.38. The minimum Gasteiger partial charge on any atom is -0.497 e. The molecule has 0 saturated heterocycles. The van der Waals surface area contributed by atoms with Gasteiger partial charge in [-0.05, 0) is 30.5 Å². The molecular formula is C16H25NO3. The fourth-order valence-electron chi connectivity index (χ4n) is 2.74. The third kappa shape index (κ3) is 4.12. The Kier molecular flexibility index (Phi) is 5.68. The zero-order chi connectivity index (χ0) is 14.4. The van der Waals surface area contributed by atoms with Crippen molar-refractivity contribution in [1.82, 2.24) is 5.32 Å². The van der Waals surface area contributed by atoms with Crippen LogP contribution in [0.3, 0.4) is 0 Å². The van der Waals surface area contributed by atoms with Crippen molar-refractivity contribution >= 4 is 0 Å². The van der Waals surface area contributed by atoms with Crippen molar-refractivity contribution in [3.8, 4) is 11.5 Å². The van der Waals surface area contributed by atoms with E-state index in [2.05, 4.69) is 5.32 Å². The van der Waals surface area contributed by atoms with E-state index in [0.29, 0.717) is 0 Å². The van der Waals surface area contributed by atoms with Gasteiger partial charge in [-0.15, -0.1) is 0 Å². The van der Waals surface area contributed by atoms with Crippen LogP contribution in [0.4, 0.5) is 0 Å². The van der Waals surface area contributed by atoms with E-state index < -0.39 is 0 Å². The predicted octanol–water partition coefficient (Wildman–Crippen LogP) is 2.49. The summed E-state index contributed by atoms with van der Waals surface area (Å²) in [5, 5.41) is 13.6. The number of methoxy groups -OCH3 is 2. The van der Waals surface area contributed by atoms with Crippen LogP contribution in [0.2, 0.25) is 0 Å². The molecule has 1 aliphatic carbocycles. The number of rotatable bonds is 5. The number of benzene rings is 1. The zero-order valence-electron chi connectivity index (χ0n) is 12.4. The molecule has 0 heterocycles.